The van der Waals surface area contributed by atoms with Gasteiger partial charge >= 0.3 is 16.1 Å². The first kappa shape index (κ1) is 21.4. The highest BCUT2D eigenvalue weighted by Gasteiger charge is 2.19. The van der Waals surface area contributed by atoms with E-state index in [2.05, 4.69) is 20.6 Å². The predicted molar refractivity (Wildman–Crippen MR) is 104 cm³/mol. The smallest absolute Gasteiger partial charge is 0.341 e. The van der Waals surface area contributed by atoms with Crippen molar-refractivity contribution in [2.45, 2.75) is 19.9 Å². The van der Waals surface area contributed by atoms with Gasteiger partial charge in [0.15, 0.2) is 0 Å². The number of anilines is 3. The monoisotopic (exact) mass is 410 g/mol. The molecule has 0 fully saturated rings. The fourth-order valence-electron chi connectivity index (χ4n) is 2.21. The molecule has 10 nitrogen and oxygen atoms in total. The van der Waals surface area contributed by atoms with Gasteiger partial charge in [-0.1, -0.05) is 13.8 Å². The largest absolute Gasteiger partial charge is 0.477 e. The molecule has 0 aliphatic heterocycles. The number of aromatic nitrogens is 2. The number of carboxylic acids is 1. The molecule has 4 N–H and O–H groups in total. The Labute approximate surface area is 162 Å². The number of hydrogen-bond acceptors (Lipinski definition) is 9. The van der Waals surface area contributed by atoms with Crippen LogP contribution >= 0.6 is 0 Å². The van der Waals surface area contributed by atoms with E-state index in [1.165, 1.54) is 12.1 Å². The molecule has 0 aliphatic rings. The van der Waals surface area contributed by atoms with E-state index in [0.717, 1.165) is 12.5 Å². The number of carbonyl (C=O) groups is 1. The number of hydrogen-bond donors (Lipinski definition) is 4. The Morgan fingerprint density at radius 2 is 1.89 bits per heavy atom. The molecular formula is C17H22N4O6S. The lowest BCUT2D eigenvalue weighted by atomic mass is 10.1. The van der Waals surface area contributed by atoms with Crippen LogP contribution in [0.1, 0.15) is 24.2 Å². The van der Waals surface area contributed by atoms with Crippen molar-refractivity contribution in [2.75, 3.05) is 23.5 Å². The Hall–Kier alpha value is -2.92. The van der Waals surface area contributed by atoms with E-state index in [0.29, 0.717) is 5.69 Å². The van der Waals surface area contributed by atoms with Gasteiger partial charge in [-0.15, -0.1) is 0 Å². The van der Waals surface area contributed by atoms with Gasteiger partial charge < -0.3 is 25.0 Å². The lowest BCUT2D eigenvalue weighted by Gasteiger charge is -2.21. The van der Waals surface area contributed by atoms with Crippen LogP contribution < -0.4 is 14.8 Å². The van der Waals surface area contributed by atoms with Gasteiger partial charge in [0.2, 0.25) is 5.95 Å². The standard InChI is InChI=1S/C17H22N4O6S/c1-10(2)14(9-22)20-15-13(16(23)24)8-18-17(21-15)19-11-4-6-12(7-5-11)27-28(3,25)26/h4-8,10,14,22H,9H2,1-3H3,(H,23,24)(H2,18,19,20,21)/t14-/m1/s1. The van der Waals surface area contributed by atoms with Crippen molar-refractivity contribution in [3.05, 3.63) is 36.0 Å². The van der Waals surface area contributed by atoms with E-state index in [1.54, 1.807) is 12.1 Å². The molecule has 0 radical (unpaired) electrons. The minimum atomic E-state index is -3.62. The topological polar surface area (TPSA) is 151 Å². The number of carboxylic acid groups (broad SMARTS) is 1. The lowest BCUT2D eigenvalue weighted by molar-refractivity contribution is 0.0697. The van der Waals surface area contributed by atoms with Crippen LogP contribution in [0.5, 0.6) is 5.75 Å². The van der Waals surface area contributed by atoms with Gasteiger partial charge in [-0.25, -0.2) is 9.78 Å². The van der Waals surface area contributed by atoms with E-state index in [4.69, 9.17) is 4.18 Å². The molecular weight excluding hydrogens is 388 g/mol. The van der Waals surface area contributed by atoms with E-state index in [9.17, 15) is 23.4 Å². The number of rotatable bonds is 9. The van der Waals surface area contributed by atoms with E-state index in [-0.39, 0.29) is 41.6 Å². The molecule has 2 rings (SSSR count). The molecule has 0 aliphatic carbocycles. The third-order valence-corrected chi connectivity index (χ3v) is 4.20. The summed E-state index contributed by atoms with van der Waals surface area (Å²) >= 11 is 0. The van der Waals surface area contributed by atoms with Gasteiger partial charge in [-0.2, -0.15) is 13.4 Å². The van der Waals surface area contributed by atoms with Crippen LogP contribution in [-0.2, 0) is 10.1 Å². The van der Waals surface area contributed by atoms with Gasteiger partial charge in [0.25, 0.3) is 0 Å². The van der Waals surface area contributed by atoms with E-state index in [1.807, 2.05) is 13.8 Å². The number of aliphatic hydroxyl groups excluding tert-OH is 1. The van der Waals surface area contributed by atoms with Gasteiger partial charge in [-0.05, 0) is 30.2 Å². The van der Waals surface area contributed by atoms with Crippen LogP contribution in [0.2, 0.25) is 0 Å². The first-order chi connectivity index (χ1) is 13.1. The minimum absolute atomic E-state index is 0.0420. The van der Waals surface area contributed by atoms with Crippen LogP contribution in [0.3, 0.4) is 0 Å². The first-order valence-corrected chi connectivity index (χ1v) is 10.1. The summed E-state index contributed by atoms with van der Waals surface area (Å²) in [5.41, 5.74) is 0.416. The Balaban J connectivity index is 2.24. The maximum absolute atomic E-state index is 11.4. The second-order valence-electron chi connectivity index (χ2n) is 6.38. The zero-order valence-electron chi connectivity index (χ0n) is 15.6. The lowest BCUT2D eigenvalue weighted by Crippen LogP contribution is -2.31. The second-order valence-corrected chi connectivity index (χ2v) is 7.95. The van der Waals surface area contributed by atoms with Crippen LogP contribution in [0.15, 0.2) is 30.5 Å². The summed E-state index contributed by atoms with van der Waals surface area (Å²) in [7, 11) is -3.62. The highest BCUT2D eigenvalue weighted by Crippen LogP contribution is 2.22. The molecule has 152 valence electrons. The molecule has 28 heavy (non-hydrogen) atoms. The minimum Gasteiger partial charge on any atom is -0.477 e. The zero-order chi connectivity index (χ0) is 20.9. The summed E-state index contributed by atoms with van der Waals surface area (Å²) in [6, 6.07) is 5.65. The summed E-state index contributed by atoms with van der Waals surface area (Å²) in [5.74, 6) is -0.794. The first-order valence-electron chi connectivity index (χ1n) is 8.33. The van der Waals surface area contributed by atoms with Crippen LogP contribution in [0.4, 0.5) is 17.5 Å². The van der Waals surface area contributed by atoms with Crippen molar-refractivity contribution in [3.8, 4) is 5.75 Å². The SMILES string of the molecule is CC(C)[C@@H](CO)Nc1nc(Nc2ccc(OS(C)(=O)=O)cc2)ncc1C(=O)O. The average Bonchev–Trinajstić information content (AvgIpc) is 2.59. The number of nitrogens with one attached hydrogen (secondary N) is 2. The summed E-state index contributed by atoms with van der Waals surface area (Å²) in [6.45, 7) is 3.58. The summed E-state index contributed by atoms with van der Waals surface area (Å²) in [4.78, 5) is 19.6. The predicted octanol–water partition coefficient (Wildman–Crippen LogP) is 1.69. The molecule has 1 heterocycles. The Kier molecular flexibility index (Phi) is 6.75. The molecule has 0 spiro atoms. The molecule has 0 saturated carbocycles. The summed E-state index contributed by atoms with van der Waals surface area (Å²) in [5, 5.41) is 24.6. The molecule has 0 unspecified atom stereocenters. The zero-order valence-corrected chi connectivity index (χ0v) is 16.4. The van der Waals surface area contributed by atoms with Crippen LogP contribution in [-0.4, -0.2) is 53.5 Å². The van der Waals surface area contributed by atoms with Gasteiger partial charge in [0.05, 0.1) is 18.9 Å². The molecule has 2 aromatic rings. The molecule has 11 heteroatoms. The van der Waals surface area contributed by atoms with Gasteiger partial charge in [0.1, 0.15) is 17.1 Å². The third kappa shape index (κ3) is 6.06. The van der Waals surface area contributed by atoms with Crippen LogP contribution in [0.25, 0.3) is 0 Å². The Bertz CT molecular complexity index is 931. The quantitative estimate of drug-likeness (QED) is 0.449. The second kappa shape index (κ2) is 8.85. The number of nitrogens with zero attached hydrogens (tertiary/aromatic N) is 2. The van der Waals surface area contributed by atoms with Crippen molar-refractivity contribution in [2.24, 2.45) is 5.92 Å². The van der Waals surface area contributed by atoms with E-state index < -0.39 is 16.1 Å². The van der Waals surface area contributed by atoms with Gasteiger partial charge in [-0.3, -0.25) is 0 Å². The number of aromatic carboxylic acids is 1. The molecule has 0 bridgehead atoms. The molecule has 1 atom stereocenters. The highest BCUT2D eigenvalue weighted by molar-refractivity contribution is 7.86. The average molecular weight is 410 g/mol. The van der Waals surface area contributed by atoms with Crippen molar-refractivity contribution >= 4 is 33.5 Å². The fraction of sp³-hybridized carbons (Fsp3) is 0.353. The molecule has 0 saturated heterocycles. The maximum Gasteiger partial charge on any atom is 0.341 e. The molecule has 0 amide bonds. The van der Waals surface area contributed by atoms with Crippen molar-refractivity contribution < 1.29 is 27.6 Å². The highest BCUT2D eigenvalue weighted by atomic mass is 32.2. The number of benzene rings is 1. The van der Waals surface area contributed by atoms with Crippen molar-refractivity contribution in [3.63, 3.8) is 0 Å². The number of aliphatic hydroxyl groups is 1. The Morgan fingerprint density at radius 3 is 2.39 bits per heavy atom. The fourth-order valence-corrected chi connectivity index (χ4v) is 2.67. The van der Waals surface area contributed by atoms with Crippen LogP contribution in [0, 0.1) is 5.92 Å². The van der Waals surface area contributed by atoms with Gasteiger partial charge in [0, 0.05) is 11.9 Å². The summed E-state index contributed by atoms with van der Waals surface area (Å²) < 4.78 is 27.0. The van der Waals surface area contributed by atoms with Crippen molar-refractivity contribution in [1.29, 1.82) is 0 Å². The molecule has 1 aromatic heterocycles. The molecule has 1 aromatic carbocycles. The van der Waals surface area contributed by atoms with Crippen molar-refractivity contribution in [1.82, 2.24) is 9.97 Å². The third-order valence-electron chi connectivity index (χ3n) is 3.70. The summed E-state index contributed by atoms with van der Waals surface area (Å²) in [6.07, 6.45) is 2.11. The maximum atomic E-state index is 11.4. The normalized spacial score (nSPS) is 12.5. The Morgan fingerprint density at radius 1 is 1.25 bits per heavy atom. The van der Waals surface area contributed by atoms with E-state index >= 15 is 0 Å².